The normalized spacial score (nSPS) is 21.9. The highest BCUT2D eigenvalue weighted by molar-refractivity contribution is 5.34. The lowest BCUT2D eigenvalue weighted by Crippen LogP contribution is -2.19. The van der Waals surface area contributed by atoms with Crippen molar-refractivity contribution in [2.75, 3.05) is 32.0 Å². The van der Waals surface area contributed by atoms with Crippen molar-refractivity contribution >= 4 is 5.82 Å². The lowest BCUT2D eigenvalue weighted by molar-refractivity contribution is 0.399. The average molecular weight is 206 g/mol. The molecular weight excluding hydrogens is 188 g/mol. The SMILES string of the molecule is Cc1cnnc(NCC2CCN(C)C2)c1. The summed E-state index contributed by atoms with van der Waals surface area (Å²) in [5.41, 5.74) is 1.15. The summed E-state index contributed by atoms with van der Waals surface area (Å²) in [6.07, 6.45) is 3.05. The summed E-state index contributed by atoms with van der Waals surface area (Å²) in [4.78, 5) is 2.37. The lowest BCUT2D eigenvalue weighted by Gasteiger charge is -2.11. The van der Waals surface area contributed by atoms with Gasteiger partial charge in [-0.05, 0) is 44.5 Å². The third-order valence-electron chi connectivity index (χ3n) is 2.85. The van der Waals surface area contributed by atoms with Crippen LogP contribution < -0.4 is 5.32 Å². The molecule has 15 heavy (non-hydrogen) atoms. The van der Waals surface area contributed by atoms with Crippen LogP contribution >= 0.6 is 0 Å². The Hall–Kier alpha value is -1.16. The number of likely N-dealkylation sites (tertiary alicyclic amines) is 1. The Kier molecular flexibility index (Phi) is 3.16. The minimum Gasteiger partial charge on any atom is -0.368 e. The number of nitrogens with one attached hydrogen (secondary N) is 1. The van der Waals surface area contributed by atoms with Crippen LogP contribution in [0.5, 0.6) is 0 Å². The quantitative estimate of drug-likeness (QED) is 0.805. The van der Waals surface area contributed by atoms with Crippen LogP contribution in [0, 0.1) is 12.8 Å². The Bertz CT molecular complexity index is 326. The second-order valence-electron chi connectivity index (χ2n) is 4.42. The molecule has 0 radical (unpaired) electrons. The topological polar surface area (TPSA) is 41.1 Å². The Labute approximate surface area is 90.7 Å². The van der Waals surface area contributed by atoms with Crippen LogP contribution in [0.25, 0.3) is 0 Å². The number of nitrogens with zero attached hydrogens (tertiary/aromatic N) is 3. The van der Waals surface area contributed by atoms with Crippen LogP contribution in [0.3, 0.4) is 0 Å². The number of aromatic nitrogens is 2. The second-order valence-corrected chi connectivity index (χ2v) is 4.42. The van der Waals surface area contributed by atoms with Crippen molar-refractivity contribution in [3.63, 3.8) is 0 Å². The Morgan fingerprint density at radius 2 is 2.47 bits per heavy atom. The molecular formula is C11H18N4. The van der Waals surface area contributed by atoms with Gasteiger partial charge in [-0.3, -0.25) is 0 Å². The Morgan fingerprint density at radius 3 is 3.13 bits per heavy atom. The number of rotatable bonds is 3. The van der Waals surface area contributed by atoms with Crippen LogP contribution in [-0.4, -0.2) is 41.8 Å². The highest BCUT2D eigenvalue weighted by atomic mass is 15.2. The monoisotopic (exact) mass is 206 g/mol. The predicted octanol–water partition coefficient (Wildman–Crippen LogP) is 1.15. The molecule has 0 amide bonds. The van der Waals surface area contributed by atoms with Gasteiger partial charge < -0.3 is 10.2 Å². The van der Waals surface area contributed by atoms with Crippen LogP contribution in [0.4, 0.5) is 5.82 Å². The molecule has 2 rings (SSSR count). The fraction of sp³-hybridized carbons (Fsp3) is 0.636. The molecule has 4 nitrogen and oxygen atoms in total. The van der Waals surface area contributed by atoms with Crippen LogP contribution in [0.1, 0.15) is 12.0 Å². The van der Waals surface area contributed by atoms with E-state index < -0.39 is 0 Å². The Balaban J connectivity index is 1.83. The van der Waals surface area contributed by atoms with Crippen LogP contribution in [0.15, 0.2) is 12.3 Å². The van der Waals surface area contributed by atoms with Gasteiger partial charge in [0.2, 0.25) is 0 Å². The maximum Gasteiger partial charge on any atom is 0.148 e. The average Bonchev–Trinajstić information content (AvgIpc) is 2.62. The number of anilines is 1. The molecule has 1 aliphatic heterocycles. The van der Waals surface area contributed by atoms with E-state index in [0.29, 0.717) is 0 Å². The zero-order chi connectivity index (χ0) is 10.7. The van der Waals surface area contributed by atoms with Crippen molar-refractivity contribution in [3.8, 4) is 0 Å². The van der Waals surface area contributed by atoms with E-state index in [9.17, 15) is 0 Å². The van der Waals surface area contributed by atoms with Crippen molar-refractivity contribution in [3.05, 3.63) is 17.8 Å². The first kappa shape index (κ1) is 10.4. The fourth-order valence-electron chi connectivity index (χ4n) is 1.99. The van der Waals surface area contributed by atoms with E-state index >= 15 is 0 Å². The zero-order valence-electron chi connectivity index (χ0n) is 9.40. The van der Waals surface area contributed by atoms with Crippen molar-refractivity contribution in [2.45, 2.75) is 13.3 Å². The van der Waals surface area contributed by atoms with Gasteiger partial charge in [0.15, 0.2) is 0 Å². The summed E-state index contributed by atoms with van der Waals surface area (Å²) in [5.74, 6) is 1.64. The molecule has 1 saturated heterocycles. The van der Waals surface area contributed by atoms with Gasteiger partial charge in [-0.2, -0.15) is 5.10 Å². The van der Waals surface area contributed by atoms with Gasteiger partial charge in [0, 0.05) is 13.1 Å². The summed E-state index contributed by atoms with van der Waals surface area (Å²) >= 11 is 0. The molecule has 1 aromatic heterocycles. The molecule has 1 unspecified atom stereocenters. The summed E-state index contributed by atoms with van der Waals surface area (Å²) in [5, 5.41) is 11.3. The summed E-state index contributed by atoms with van der Waals surface area (Å²) in [7, 11) is 2.17. The third-order valence-corrected chi connectivity index (χ3v) is 2.85. The first-order valence-electron chi connectivity index (χ1n) is 5.46. The lowest BCUT2D eigenvalue weighted by atomic mass is 10.1. The first-order chi connectivity index (χ1) is 7.24. The Morgan fingerprint density at radius 1 is 1.60 bits per heavy atom. The number of hydrogen-bond acceptors (Lipinski definition) is 4. The van der Waals surface area contributed by atoms with Gasteiger partial charge in [0.05, 0.1) is 6.20 Å². The third kappa shape index (κ3) is 2.89. The van der Waals surface area contributed by atoms with Crippen LogP contribution in [-0.2, 0) is 0 Å². The maximum absolute atomic E-state index is 4.04. The molecule has 0 spiro atoms. The maximum atomic E-state index is 4.04. The minimum absolute atomic E-state index is 0.748. The molecule has 0 aliphatic carbocycles. The van der Waals surface area contributed by atoms with Crippen molar-refractivity contribution in [2.24, 2.45) is 5.92 Å². The van der Waals surface area contributed by atoms with Gasteiger partial charge >= 0.3 is 0 Å². The van der Waals surface area contributed by atoms with Crippen molar-refractivity contribution in [1.29, 1.82) is 0 Å². The second kappa shape index (κ2) is 4.57. The summed E-state index contributed by atoms with van der Waals surface area (Å²) in [6, 6.07) is 2.03. The number of aryl methyl sites for hydroxylation is 1. The van der Waals surface area contributed by atoms with E-state index in [1.807, 2.05) is 13.0 Å². The van der Waals surface area contributed by atoms with Crippen molar-refractivity contribution in [1.82, 2.24) is 15.1 Å². The smallest absolute Gasteiger partial charge is 0.148 e. The van der Waals surface area contributed by atoms with E-state index in [1.54, 1.807) is 6.20 Å². The first-order valence-corrected chi connectivity index (χ1v) is 5.46. The van der Waals surface area contributed by atoms with Crippen LogP contribution in [0.2, 0.25) is 0 Å². The zero-order valence-corrected chi connectivity index (χ0v) is 9.40. The fourth-order valence-corrected chi connectivity index (χ4v) is 1.99. The molecule has 4 heteroatoms. The predicted molar refractivity (Wildman–Crippen MR) is 60.9 cm³/mol. The largest absolute Gasteiger partial charge is 0.368 e. The summed E-state index contributed by atoms with van der Waals surface area (Å²) in [6.45, 7) is 5.43. The van der Waals surface area contributed by atoms with Gasteiger partial charge in [0.25, 0.3) is 0 Å². The summed E-state index contributed by atoms with van der Waals surface area (Å²) < 4.78 is 0. The van der Waals surface area contributed by atoms with E-state index in [1.165, 1.54) is 19.5 Å². The molecule has 1 aliphatic rings. The molecule has 0 bridgehead atoms. The molecule has 0 saturated carbocycles. The molecule has 1 fully saturated rings. The molecule has 82 valence electrons. The van der Waals surface area contributed by atoms with Gasteiger partial charge in [0.1, 0.15) is 5.82 Å². The molecule has 1 aromatic rings. The van der Waals surface area contributed by atoms with E-state index in [4.69, 9.17) is 0 Å². The molecule has 1 N–H and O–H groups in total. The molecule has 1 atom stereocenters. The highest BCUT2D eigenvalue weighted by Crippen LogP contribution is 2.14. The van der Waals surface area contributed by atoms with E-state index in [2.05, 4.69) is 27.5 Å². The van der Waals surface area contributed by atoms with E-state index in [-0.39, 0.29) is 0 Å². The van der Waals surface area contributed by atoms with Gasteiger partial charge in [-0.15, -0.1) is 5.10 Å². The van der Waals surface area contributed by atoms with Gasteiger partial charge in [-0.25, -0.2) is 0 Å². The molecule has 0 aromatic carbocycles. The standard InChI is InChI=1S/C11H18N4/c1-9-5-11(14-13-6-9)12-7-10-3-4-15(2)8-10/h5-6,10H,3-4,7-8H2,1-2H3,(H,12,14). The van der Waals surface area contributed by atoms with Crippen molar-refractivity contribution < 1.29 is 0 Å². The number of hydrogen-bond donors (Lipinski definition) is 1. The highest BCUT2D eigenvalue weighted by Gasteiger charge is 2.18. The van der Waals surface area contributed by atoms with Gasteiger partial charge in [-0.1, -0.05) is 0 Å². The molecule has 2 heterocycles. The van der Waals surface area contributed by atoms with E-state index in [0.717, 1.165) is 23.8 Å². The minimum atomic E-state index is 0.748.